The van der Waals surface area contributed by atoms with Crippen LogP contribution in [0, 0.1) is 6.92 Å². The summed E-state index contributed by atoms with van der Waals surface area (Å²) >= 11 is 6.38. The number of hydrogen-bond donors (Lipinski definition) is 1. The Morgan fingerprint density at radius 2 is 1.61 bits per heavy atom. The molecule has 1 aliphatic heterocycles. The molecule has 0 saturated heterocycles. The first-order chi connectivity index (χ1) is 21.2. The molecule has 0 amide bonds. The first kappa shape index (κ1) is 33.3. The number of aromatic nitrogens is 1. The fourth-order valence-electron chi connectivity index (χ4n) is 5.11. The van der Waals surface area contributed by atoms with Gasteiger partial charge in [-0.1, -0.05) is 70.0 Å². The third kappa shape index (κ3) is 9.47. The monoisotopic (exact) mass is 634 g/mol. The SMILES string of the molecule is CCCCCCN(CCCCCC)c1ccc(/N=C2\N=C(c3ccccn3)N=C2c2cc(Cl)ccc2NS(C)(=O)=O)c(C)c1. The lowest BCUT2D eigenvalue weighted by atomic mass is 10.1. The Labute approximate surface area is 267 Å². The maximum Gasteiger partial charge on any atom is 0.229 e. The molecule has 0 bridgehead atoms. The molecule has 8 nitrogen and oxygen atoms in total. The minimum Gasteiger partial charge on any atom is -0.372 e. The highest BCUT2D eigenvalue weighted by atomic mass is 35.5. The summed E-state index contributed by atoms with van der Waals surface area (Å²) in [6.45, 7) is 8.62. The van der Waals surface area contributed by atoms with E-state index in [1.807, 2.05) is 24.3 Å². The largest absolute Gasteiger partial charge is 0.372 e. The summed E-state index contributed by atoms with van der Waals surface area (Å²) in [7, 11) is -3.57. The Bertz CT molecular complexity index is 1610. The highest BCUT2D eigenvalue weighted by Gasteiger charge is 2.25. The molecule has 44 heavy (non-hydrogen) atoms. The van der Waals surface area contributed by atoms with Gasteiger partial charge in [-0.3, -0.25) is 9.71 Å². The number of unbranched alkanes of at least 4 members (excludes halogenated alkanes) is 6. The Hall–Kier alpha value is -3.56. The maximum absolute atomic E-state index is 12.2. The van der Waals surface area contributed by atoms with Crippen molar-refractivity contribution in [1.82, 2.24) is 4.98 Å². The van der Waals surface area contributed by atoms with E-state index >= 15 is 0 Å². The van der Waals surface area contributed by atoms with Gasteiger partial charge in [-0.2, -0.15) is 0 Å². The zero-order chi connectivity index (χ0) is 31.5. The Balaban J connectivity index is 1.71. The number of amidine groups is 2. The Morgan fingerprint density at radius 1 is 0.886 bits per heavy atom. The van der Waals surface area contributed by atoms with Gasteiger partial charge < -0.3 is 4.90 Å². The summed E-state index contributed by atoms with van der Waals surface area (Å²) in [4.78, 5) is 21.4. The van der Waals surface area contributed by atoms with Crippen LogP contribution >= 0.6 is 11.6 Å². The molecule has 1 aromatic heterocycles. The molecule has 1 aliphatic rings. The van der Waals surface area contributed by atoms with Crippen LogP contribution in [0.15, 0.2) is 75.8 Å². The minimum atomic E-state index is -3.57. The number of hydrogen-bond acceptors (Lipinski definition) is 6. The van der Waals surface area contributed by atoms with Gasteiger partial charge in [0, 0.05) is 35.6 Å². The van der Waals surface area contributed by atoms with E-state index in [1.54, 1.807) is 24.4 Å². The van der Waals surface area contributed by atoms with E-state index < -0.39 is 10.0 Å². The molecule has 0 unspecified atom stereocenters. The van der Waals surface area contributed by atoms with Gasteiger partial charge in [0.15, 0.2) is 11.7 Å². The predicted octanol–water partition coefficient (Wildman–Crippen LogP) is 8.36. The van der Waals surface area contributed by atoms with Gasteiger partial charge in [0.2, 0.25) is 10.0 Å². The average molecular weight is 635 g/mol. The van der Waals surface area contributed by atoms with Gasteiger partial charge in [0.1, 0.15) is 11.4 Å². The molecule has 1 N–H and O–H groups in total. The summed E-state index contributed by atoms with van der Waals surface area (Å²) in [5.74, 6) is 0.751. The van der Waals surface area contributed by atoms with Crippen LogP contribution in [0.5, 0.6) is 0 Å². The number of nitrogens with one attached hydrogen (secondary N) is 1. The molecule has 0 spiro atoms. The number of sulfonamides is 1. The standard InChI is InChI=1S/C34H43ClN6O2S/c1-5-7-9-13-21-41(22-14-10-8-6-2)27-17-19-29(25(3)23-27)37-34-32(38-33(39-34)31-15-11-12-20-36-31)28-24-26(35)16-18-30(28)40-44(4,42)43/h11-12,15-20,23-24,40H,5-10,13-14,21-22H2,1-4H3/b37-34-. The smallest absolute Gasteiger partial charge is 0.229 e. The van der Waals surface area contributed by atoms with Gasteiger partial charge in [-0.05, 0) is 73.9 Å². The molecular weight excluding hydrogens is 592 g/mol. The lowest BCUT2D eigenvalue weighted by Crippen LogP contribution is -2.25. The van der Waals surface area contributed by atoms with Crippen LogP contribution in [0.1, 0.15) is 82.0 Å². The van der Waals surface area contributed by atoms with Crippen LogP contribution in [0.25, 0.3) is 0 Å². The molecule has 3 aromatic rings. The third-order valence-corrected chi connectivity index (χ3v) is 8.23. The lowest BCUT2D eigenvalue weighted by molar-refractivity contribution is 0.607. The van der Waals surface area contributed by atoms with Gasteiger partial charge in [-0.15, -0.1) is 0 Å². The van der Waals surface area contributed by atoms with E-state index in [1.165, 1.54) is 57.1 Å². The van der Waals surface area contributed by atoms with E-state index in [4.69, 9.17) is 26.6 Å². The van der Waals surface area contributed by atoms with Crippen LogP contribution in [-0.4, -0.2) is 50.1 Å². The summed E-state index contributed by atoms with van der Waals surface area (Å²) in [6.07, 6.45) is 12.6. The summed E-state index contributed by atoms with van der Waals surface area (Å²) < 4.78 is 26.9. The minimum absolute atomic E-state index is 0.342. The highest BCUT2D eigenvalue weighted by molar-refractivity contribution is 7.92. The number of aryl methyl sites for hydroxylation is 1. The first-order valence-corrected chi connectivity index (χ1v) is 17.8. The zero-order valence-corrected chi connectivity index (χ0v) is 27.8. The molecule has 2 heterocycles. The van der Waals surface area contributed by atoms with E-state index in [0.29, 0.717) is 39.4 Å². The molecule has 0 saturated carbocycles. The summed E-state index contributed by atoms with van der Waals surface area (Å²) in [5, 5.41) is 0.436. The van der Waals surface area contributed by atoms with Crippen molar-refractivity contribution in [3.63, 3.8) is 0 Å². The molecular formula is C34H43ClN6O2S. The molecule has 2 aromatic carbocycles. The van der Waals surface area contributed by atoms with Crippen molar-refractivity contribution in [2.24, 2.45) is 15.0 Å². The number of anilines is 2. The first-order valence-electron chi connectivity index (χ1n) is 15.5. The van der Waals surface area contributed by atoms with E-state index in [2.05, 4.69) is 47.5 Å². The molecule has 0 fully saturated rings. The lowest BCUT2D eigenvalue weighted by Gasteiger charge is -2.26. The molecule has 0 aliphatic carbocycles. The van der Waals surface area contributed by atoms with Crippen LogP contribution in [0.3, 0.4) is 0 Å². The highest BCUT2D eigenvalue weighted by Crippen LogP contribution is 2.30. The number of rotatable bonds is 16. The van der Waals surface area contributed by atoms with Crippen LogP contribution in [0.4, 0.5) is 17.1 Å². The number of aliphatic imine (C=N–C) groups is 3. The second-order valence-electron chi connectivity index (χ2n) is 11.2. The van der Waals surface area contributed by atoms with Gasteiger partial charge in [-0.25, -0.2) is 23.4 Å². The molecule has 10 heteroatoms. The second-order valence-corrected chi connectivity index (χ2v) is 13.4. The summed E-state index contributed by atoms with van der Waals surface area (Å²) in [5.41, 5.74) is 4.81. The van der Waals surface area contributed by atoms with Gasteiger partial charge in [0.25, 0.3) is 0 Å². The molecule has 0 atom stereocenters. The molecule has 234 valence electrons. The van der Waals surface area contributed by atoms with Crippen molar-refractivity contribution >= 4 is 56.1 Å². The average Bonchev–Trinajstić information content (AvgIpc) is 3.41. The van der Waals surface area contributed by atoms with Crippen molar-refractivity contribution in [2.45, 2.75) is 72.1 Å². The normalized spacial score (nSPS) is 14.1. The maximum atomic E-state index is 12.2. The van der Waals surface area contributed by atoms with Crippen molar-refractivity contribution in [3.05, 3.63) is 82.6 Å². The number of nitrogens with zero attached hydrogens (tertiary/aromatic N) is 5. The molecule has 0 radical (unpaired) electrons. The number of pyridine rings is 1. The predicted molar refractivity (Wildman–Crippen MR) is 186 cm³/mol. The van der Waals surface area contributed by atoms with Crippen LogP contribution in [0.2, 0.25) is 5.02 Å². The van der Waals surface area contributed by atoms with Crippen molar-refractivity contribution in [3.8, 4) is 0 Å². The third-order valence-electron chi connectivity index (χ3n) is 7.40. The molecule has 4 rings (SSSR count). The number of halogens is 1. The van der Waals surface area contributed by atoms with Gasteiger partial charge in [0.05, 0.1) is 17.6 Å². The zero-order valence-electron chi connectivity index (χ0n) is 26.2. The van der Waals surface area contributed by atoms with Crippen molar-refractivity contribution in [2.75, 3.05) is 29.0 Å². The summed E-state index contributed by atoms with van der Waals surface area (Å²) in [6, 6.07) is 16.8. The van der Waals surface area contributed by atoms with Crippen molar-refractivity contribution in [1.29, 1.82) is 0 Å². The Kier molecular flexibility index (Phi) is 12.1. The van der Waals surface area contributed by atoms with Crippen molar-refractivity contribution < 1.29 is 8.42 Å². The van der Waals surface area contributed by atoms with Crippen LogP contribution < -0.4 is 9.62 Å². The van der Waals surface area contributed by atoms with Gasteiger partial charge >= 0.3 is 0 Å². The van der Waals surface area contributed by atoms with E-state index in [0.717, 1.165) is 30.6 Å². The fraction of sp³-hybridized carbons (Fsp3) is 0.412. The fourth-order valence-corrected chi connectivity index (χ4v) is 5.86. The second kappa shape index (κ2) is 16.0. The Morgan fingerprint density at radius 3 is 2.23 bits per heavy atom. The topological polar surface area (TPSA) is 99.4 Å². The number of benzene rings is 2. The van der Waals surface area contributed by atoms with Crippen LogP contribution in [-0.2, 0) is 10.0 Å². The quantitative estimate of drug-likeness (QED) is 0.160. The van der Waals surface area contributed by atoms with E-state index in [-0.39, 0.29) is 0 Å². The van der Waals surface area contributed by atoms with E-state index in [9.17, 15) is 8.42 Å².